The van der Waals surface area contributed by atoms with Gasteiger partial charge in [0.15, 0.2) is 0 Å². The van der Waals surface area contributed by atoms with E-state index < -0.39 is 11.3 Å². The third-order valence-electron chi connectivity index (χ3n) is 4.46. The number of imide groups is 1. The lowest BCUT2D eigenvalue weighted by atomic mass is 9.70. The van der Waals surface area contributed by atoms with E-state index in [0.717, 1.165) is 12.7 Å². The highest BCUT2D eigenvalue weighted by Gasteiger charge is 2.50. The third-order valence-corrected chi connectivity index (χ3v) is 4.46. The van der Waals surface area contributed by atoms with E-state index >= 15 is 0 Å². The number of carbonyl (C=O) groups excluding carboxylic acids is 3. The molecule has 0 aromatic heterocycles. The fourth-order valence-corrected chi connectivity index (χ4v) is 3.22. The van der Waals surface area contributed by atoms with Gasteiger partial charge in [-0.15, -0.1) is 0 Å². The van der Waals surface area contributed by atoms with Gasteiger partial charge in [-0.05, 0) is 25.0 Å². The zero-order chi connectivity index (χ0) is 15.5. The molecule has 0 spiro atoms. The van der Waals surface area contributed by atoms with Crippen molar-refractivity contribution < 1.29 is 14.4 Å². The third kappa shape index (κ3) is 2.62. The van der Waals surface area contributed by atoms with Gasteiger partial charge in [-0.2, -0.15) is 0 Å². The number of amides is 2. The van der Waals surface area contributed by atoms with Gasteiger partial charge in [0.2, 0.25) is 11.8 Å². The molecule has 1 aromatic carbocycles. The van der Waals surface area contributed by atoms with Crippen LogP contribution < -0.4 is 4.90 Å². The maximum Gasteiger partial charge on any atom is 0.238 e. The Hall–Kier alpha value is -1.97. The van der Waals surface area contributed by atoms with Crippen LogP contribution >= 0.6 is 0 Å². The van der Waals surface area contributed by atoms with Crippen molar-refractivity contribution in [1.29, 1.82) is 0 Å². The first-order valence-electron chi connectivity index (χ1n) is 7.47. The number of carbonyl (C=O) groups is 3. The van der Waals surface area contributed by atoms with E-state index in [4.69, 9.17) is 0 Å². The van der Waals surface area contributed by atoms with Crippen LogP contribution in [0.4, 0.5) is 5.69 Å². The van der Waals surface area contributed by atoms with E-state index in [-0.39, 0.29) is 18.2 Å². The number of aldehydes is 1. The van der Waals surface area contributed by atoms with Gasteiger partial charge in [-0.3, -0.25) is 14.5 Å². The maximum absolute atomic E-state index is 12.7. The van der Waals surface area contributed by atoms with Crippen molar-refractivity contribution >= 4 is 23.8 Å². The van der Waals surface area contributed by atoms with Crippen molar-refractivity contribution in [3.8, 4) is 0 Å². The van der Waals surface area contributed by atoms with Gasteiger partial charge in [-0.25, -0.2) is 0 Å². The molecule has 0 saturated carbocycles. The van der Waals surface area contributed by atoms with Crippen LogP contribution in [0.3, 0.4) is 0 Å². The van der Waals surface area contributed by atoms with Crippen molar-refractivity contribution in [2.75, 3.05) is 4.90 Å². The zero-order valence-corrected chi connectivity index (χ0v) is 12.5. The molecule has 0 N–H and O–H groups in total. The lowest BCUT2D eigenvalue weighted by Crippen LogP contribution is -2.38. The van der Waals surface area contributed by atoms with Gasteiger partial charge in [0, 0.05) is 11.8 Å². The molecule has 0 bridgehead atoms. The minimum absolute atomic E-state index is 0.125. The molecule has 1 heterocycles. The van der Waals surface area contributed by atoms with E-state index in [1.54, 1.807) is 24.3 Å². The SMILES string of the molecule is CCCC(C=O)(CC)[C@H]1CC(=O)N(c2ccccc2)C1=O. The van der Waals surface area contributed by atoms with E-state index in [2.05, 4.69) is 0 Å². The average molecular weight is 287 g/mol. The molecule has 2 rings (SSSR count). The molecular weight excluding hydrogens is 266 g/mol. The zero-order valence-electron chi connectivity index (χ0n) is 12.5. The summed E-state index contributed by atoms with van der Waals surface area (Å²) < 4.78 is 0. The molecule has 2 atom stereocenters. The summed E-state index contributed by atoms with van der Waals surface area (Å²) >= 11 is 0. The van der Waals surface area contributed by atoms with Gasteiger partial charge in [0.1, 0.15) is 6.29 Å². The molecule has 21 heavy (non-hydrogen) atoms. The maximum atomic E-state index is 12.7. The first-order chi connectivity index (χ1) is 10.1. The first-order valence-corrected chi connectivity index (χ1v) is 7.47. The number of benzene rings is 1. The Morgan fingerprint density at radius 1 is 1.24 bits per heavy atom. The minimum Gasteiger partial charge on any atom is -0.303 e. The van der Waals surface area contributed by atoms with Crippen LogP contribution in [0, 0.1) is 11.3 Å². The topological polar surface area (TPSA) is 54.5 Å². The Labute approximate surface area is 125 Å². The van der Waals surface area contributed by atoms with Gasteiger partial charge >= 0.3 is 0 Å². The van der Waals surface area contributed by atoms with Crippen LogP contribution in [0.25, 0.3) is 0 Å². The molecule has 0 aliphatic carbocycles. The Kier molecular flexibility index (Phi) is 4.56. The monoisotopic (exact) mass is 287 g/mol. The molecule has 4 heteroatoms. The highest BCUT2D eigenvalue weighted by Crippen LogP contribution is 2.42. The summed E-state index contributed by atoms with van der Waals surface area (Å²) in [4.78, 5) is 37.8. The number of hydrogen-bond donors (Lipinski definition) is 0. The molecule has 1 fully saturated rings. The molecule has 4 nitrogen and oxygen atoms in total. The Bertz CT molecular complexity index is 540. The molecule has 1 unspecified atom stereocenters. The standard InChI is InChI=1S/C17H21NO3/c1-3-10-17(4-2,12-19)14-11-15(20)18(16(14)21)13-8-6-5-7-9-13/h5-9,12,14H,3-4,10-11H2,1-2H3/t14-,17?/m0/s1. The summed E-state index contributed by atoms with van der Waals surface area (Å²) in [6.07, 6.45) is 3.05. The summed E-state index contributed by atoms with van der Waals surface area (Å²) in [5.41, 5.74) is -0.132. The predicted molar refractivity (Wildman–Crippen MR) is 80.7 cm³/mol. The van der Waals surface area contributed by atoms with Gasteiger partial charge in [0.25, 0.3) is 0 Å². The largest absolute Gasteiger partial charge is 0.303 e. The van der Waals surface area contributed by atoms with Crippen molar-refractivity contribution in [1.82, 2.24) is 0 Å². The second-order valence-corrected chi connectivity index (χ2v) is 5.61. The van der Waals surface area contributed by atoms with E-state index in [0.29, 0.717) is 18.5 Å². The quantitative estimate of drug-likeness (QED) is 0.597. The Morgan fingerprint density at radius 2 is 1.90 bits per heavy atom. The molecule has 1 aliphatic heterocycles. The van der Waals surface area contributed by atoms with Crippen LogP contribution in [-0.4, -0.2) is 18.1 Å². The second-order valence-electron chi connectivity index (χ2n) is 5.61. The van der Waals surface area contributed by atoms with Crippen LogP contribution in [0.5, 0.6) is 0 Å². The summed E-state index contributed by atoms with van der Waals surface area (Å²) in [7, 11) is 0. The summed E-state index contributed by atoms with van der Waals surface area (Å²) in [5.74, 6) is -0.992. The molecule has 1 aromatic rings. The summed E-state index contributed by atoms with van der Waals surface area (Å²) in [6, 6.07) is 8.91. The highest BCUT2D eigenvalue weighted by atomic mass is 16.2. The summed E-state index contributed by atoms with van der Waals surface area (Å²) in [6.45, 7) is 3.90. The Balaban J connectivity index is 2.35. The average Bonchev–Trinajstić information content (AvgIpc) is 2.81. The van der Waals surface area contributed by atoms with Crippen molar-refractivity contribution in [2.45, 2.75) is 39.5 Å². The summed E-state index contributed by atoms with van der Waals surface area (Å²) in [5, 5.41) is 0. The fourth-order valence-electron chi connectivity index (χ4n) is 3.22. The second kappa shape index (κ2) is 6.20. The van der Waals surface area contributed by atoms with Crippen LogP contribution in [0.1, 0.15) is 39.5 Å². The van der Waals surface area contributed by atoms with E-state index in [1.165, 1.54) is 4.90 Å². The number of para-hydroxylation sites is 1. The highest BCUT2D eigenvalue weighted by molar-refractivity contribution is 6.21. The first kappa shape index (κ1) is 15.4. The normalized spacial score (nSPS) is 21.4. The predicted octanol–water partition coefficient (Wildman–Crippen LogP) is 2.96. The van der Waals surface area contributed by atoms with Crippen LogP contribution in [0.15, 0.2) is 30.3 Å². The molecule has 0 radical (unpaired) electrons. The molecule has 1 saturated heterocycles. The molecule has 112 valence electrons. The number of hydrogen-bond acceptors (Lipinski definition) is 3. The van der Waals surface area contributed by atoms with Crippen molar-refractivity contribution in [2.24, 2.45) is 11.3 Å². The smallest absolute Gasteiger partial charge is 0.238 e. The van der Waals surface area contributed by atoms with Gasteiger partial charge < -0.3 is 4.79 Å². The minimum atomic E-state index is -0.717. The number of rotatable bonds is 6. The van der Waals surface area contributed by atoms with Crippen molar-refractivity contribution in [3.05, 3.63) is 30.3 Å². The Morgan fingerprint density at radius 3 is 2.43 bits per heavy atom. The molecular formula is C17H21NO3. The van der Waals surface area contributed by atoms with Crippen LogP contribution in [-0.2, 0) is 14.4 Å². The fraction of sp³-hybridized carbons (Fsp3) is 0.471. The number of anilines is 1. The van der Waals surface area contributed by atoms with E-state index in [1.807, 2.05) is 19.9 Å². The lowest BCUT2D eigenvalue weighted by molar-refractivity contribution is -0.131. The molecule has 2 amide bonds. The van der Waals surface area contributed by atoms with E-state index in [9.17, 15) is 14.4 Å². The number of nitrogens with zero attached hydrogens (tertiary/aromatic N) is 1. The van der Waals surface area contributed by atoms with Crippen LogP contribution in [0.2, 0.25) is 0 Å². The lowest BCUT2D eigenvalue weighted by Gasteiger charge is -2.31. The van der Waals surface area contributed by atoms with Crippen molar-refractivity contribution in [3.63, 3.8) is 0 Å². The molecule has 1 aliphatic rings. The van der Waals surface area contributed by atoms with Gasteiger partial charge in [0.05, 0.1) is 11.6 Å². The van der Waals surface area contributed by atoms with Gasteiger partial charge in [-0.1, -0.05) is 38.5 Å².